The Morgan fingerprint density at radius 3 is 2.70 bits per heavy atom. The highest BCUT2D eigenvalue weighted by Gasteiger charge is 2.21. The molecule has 4 heteroatoms. The predicted octanol–water partition coefficient (Wildman–Crippen LogP) is 2.78. The zero-order chi connectivity index (χ0) is 13.9. The molecule has 2 N–H and O–H groups in total. The maximum Gasteiger partial charge on any atom is 0.204 e. The Balaban J connectivity index is 1.81. The Labute approximate surface area is 120 Å². The number of aromatic amines is 1. The molecule has 2 aromatic rings. The smallest absolute Gasteiger partial charge is 0.204 e. The molecule has 4 nitrogen and oxygen atoms in total. The standard InChI is InChI=1S/C16H24N4/c1-12(2)20(11-13-7-9-17-10-8-13)16-18-14-5-3-4-6-15(14)19-16/h3-6,12-13,17H,7-11H2,1-2H3,(H,18,19). The number of anilines is 1. The van der Waals surface area contributed by atoms with Crippen LogP contribution in [-0.4, -0.2) is 35.6 Å². The molecule has 0 spiro atoms. The first kappa shape index (κ1) is 13.4. The SMILES string of the molecule is CC(C)N(CC1CCNCC1)c1nc2ccccc2[nH]1. The molecule has 0 bridgehead atoms. The summed E-state index contributed by atoms with van der Waals surface area (Å²) in [4.78, 5) is 10.6. The van der Waals surface area contributed by atoms with Crippen molar-refractivity contribution in [3.63, 3.8) is 0 Å². The lowest BCUT2D eigenvalue weighted by atomic mass is 9.97. The topological polar surface area (TPSA) is 44.0 Å². The summed E-state index contributed by atoms with van der Waals surface area (Å²) >= 11 is 0. The molecule has 1 aliphatic heterocycles. The van der Waals surface area contributed by atoms with Crippen molar-refractivity contribution in [2.45, 2.75) is 32.7 Å². The van der Waals surface area contributed by atoms with Crippen LogP contribution in [-0.2, 0) is 0 Å². The van der Waals surface area contributed by atoms with Gasteiger partial charge in [-0.1, -0.05) is 12.1 Å². The fourth-order valence-electron chi connectivity index (χ4n) is 2.96. The minimum absolute atomic E-state index is 0.463. The van der Waals surface area contributed by atoms with E-state index in [-0.39, 0.29) is 0 Å². The van der Waals surface area contributed by atoms with Crippen molar-refractivity contribution in [2.75, 3.05) is 24.5 Å². The van der Waals surface area contributed by atoms with Gasteiger partial charge in [0.15, 0.2) is 0 Å². The van der Waals surface area contributed by atoms with E-state index < -0.39 is 0 Å². The highest BCUT2D eigenvalue weighted by atomic mass is 15.3. The summed E-state index contributed by atoms with van der Waals surface area (Å²) in [6, 6.07) is 8.72. The Bertz CT molecular complexity index is 521. The normalized spacial score (nSPS) is 16.9. The van der Waals surface area contributed by atoms with E-state index in [1.807, 2.05) is 6.07 Å². The second-order valence-corrected chi connectivity index (χ2v) is 6.02. The van der Waals surface area contributed by atoms with E-state index in [0.717, 1.165) is 42.5 Å². The molecular formula is C16H24N4. The van der Waals surface area contributed by atoms with Gasteiger partial charge < -0.3 is 15.2 Å². The van der Waals surface area contributed by atoms with Crippen molar-refractivity contribution in [3.8, 4) is 0 Å². The summed E-state index contributed by atoms with van der Waals surface area (Å²) in [5, 5.41) is 3.44. The predicted molar refractivity (Wildman–Crippen MR) is 84.2 cm³/mol. The summed E-state index contributed by atoms with van der Waals surface area (Å²) in [5.41, 5.74) is 2.18. The van der Waals surface area contributed by atoms with E-state index in [0.29, 0.717) is 6.04 Å². The molecule has 2 heterocycles. The third kappa shape index (κ3) is 2.80. The quantitative estimate of drug-likeness (QED) is 0.899. The van der Waals surface area contributed by atoms with Crippen molar-refractivity contribution in [3.05, 3.63) is 24.3 Å². The van der Waals surface area contributed by atoms with E-state index in [2.05, 4.69) is 47.2 Å². The highest BCUT2D eigenvalue weighted by molar-refractivity contribution is 5.77. The van der Waals surface area contributed by atoms with Crippen molar-refractivity contribution in [1.29, 1.82) is 0 Å². The van der Waals surface area contributed by atoms with Crippen LogP contribution in [0.4, 0.5) is 5.95 Å². The van der Waals surface area contributed by atoms with E-state index in [9.17, 15) is 0 Å². The molecule has 0 atom stereocenters. The molecule has 0 amide bonds. The van der Waals surface area contributed by atoms with E-state index in [4.69, 9.17) is 4.98 Å². The number of imidazole rings is 1. The largest absolute Gasteiger partial charge is 0.340 e. The summed E-state index contributed by atoms with van der Waals surface area (Å²) in [6.07, 6.45) is 2.53. The average Bonchev–Trinajstić information content (AvgIpc) is 2.89. The number of para-hydroxylation sites is 2. The number of benzene rings is 1. The molecule has 1 aromatic heterocycles. The van der Waals surface area contributed by atoms with Gasteiger partial charge in [0.1, 0.15) is 0 Å². The summed E-state index contributed by atoms with van der Waals surface area (Å²) in [6.45, 7) is 7.88. The Hall–Kier alpha value is -1.55. The van der Waals surface area contributed by atoms with Gasteiger partial charge in [0.25, 0.3) is 0 Å². The number of nitrogens with one attached hydrogen (secondary N) is 2. The third-order valence-corrected chi connectivity index (χ3v) is 4.19. The summed E-state index contributed by atoms with van der Waals surface area (Å²) in [7, 11) is 0. The Morgan fingerprint density at radius 1 is 1.25 bits per heavy atom. The van der Waals surface area contributed by atoms with Gasteiger partial charge in [-0.05, 0) is 57.8 Å². The molecule has 1 aromatic carbocycles. The first-order valence-electron chi connectivity index (χ1n) is 7.66. The van der Waals surface area contributed by atoms with E-state index in [1.165, 1.54) is 12.8 Å². The minimum Gasteiger partial charge on any atom is -0.340 e. The van der Waals surface area contributed by atoms with Gasteiger partial charge >= 0.3 is 0 Å². The maximum absolute atomic E-state index is 4.75. The first-order valence-corrected chi connectivity index (χ1v) is 7.66. The fraction of sp³-hybridized carbons (Fsp3) is 0.562. The van der Waals surface area contributed by atoms with Gasteiger partial charge in [-0.2, -0.15) is 0 Å². The maximum atomic E-state index is 4.75. The van der Waals surface area contributed by atoms with Crippen LogP contribution in [0, 0.1) is 5.92 Å². The van der Waals surface area contributed by atoms with Crippen molar-refractivity contribution < 1.29 is 0 Å². The molecule has 1 fully saturated rings. The number of H-pyrrole nitrogens is 1. The average molecular weight is 272 g/mol. The monoisotopic (exact) mass is 272 g/mol. The number of aromatic nitrogens is 2. The third-order valence-electron chi connectivity index (χ3n) is 4.19. The van der Waals surface area contributed by atoms with Crippen molar-refractivity contribution >= 4 is 17.0 Å². The Morgan fingerprint density at radius 2 is 2.00 bits per heavy atom. The Kier molecular flexibility index (Phi) is 3.92. The van der Waals surface area contributed by atoms with Gasteiger partial charge in [-0.3, -0.25) is 0 Å². The first-order chi connectivity index (χ1) is 9.74. The van der Waals surface area contributed by atoms with Crippen molar-refractivity contribution in [1.82, 2.24) is 15.3 Å². The van der Waals surface area contributed by atoms with Gasteiger partial charge in [-0.25, -0.2) is 4.98 Å². The summed E-state index contributed by atoms with van der Waals surface area (Å²) < 4.78 is 0. The molecule has 0 unspecified atom stereocenters. The zero-order valence-electron chi connectivity index (χ0n) is 12.4. The van der Waals surface area contributed by atoms with Gasteiger partial charge in [0, 0.05) is 12.6 Å². The molecule has 1 aliphatic rings. The molecule has 3 rings (SSSR count). The zero-order valence-corrected chi connectivity index (χ0v) is 12.4. The molecule has 20 heavy (non-hydrogen) atoms. The van der Waals surface area contributed by atoms with Gasteiger partial charge in [-0.15, -0.1) is 0 Å². The highest BCUT2D eigenvalue weighted by Crippen LogP contribution is 2.22. The van der Waals surface area contributed by atoms with Crippen LogP contribution in [0.2, 0.25) is 0 Å². The van der Waals surface area contributed by atoms with Crippen LogP contribution in [0.15, 0.2) is 24.3 Å². The van der Waals surface area contributed by atoms with Crippen LogP contribution in [0.25, 0.3) is 11.0 Å². The lowest BCUT2D eigenvalue weighted by Crippen LogP contribution is -2.40. The molecule has 1 saturated heterocycles. The van der Waals surface area contributed by atoms with Crippen LogP contribution < -0.4 is 10.2 Å². The number of piperidine rings is 1. The molecule has 0 aliphatic carbocycles. The van der Waals surface area contributed by atoms with Crippen LogP contribution >= 0.6 is 0 Å². The lowest BCUT2D eigenvalue weighted by molar-refractivity contribution is 0.366. The second kappa shape index (κ2) is 5.83. The molecule has 0 saturated carbocycles. The molecule has 0 radical (unpaired) electrons. The number of nitrogens with zero attached hydrogens (tertiary/aromatic N) is 2. The van der Waals surface area contributed by atoms with Crippen LogP contribution in [0.3, 0.4) is 0 Å². The van der Waals surface area contributed by atoms with Gasteiger partial charge in [0.2, 0.25) is 5.95 Å². The molecule has 108 valence electrons. The van der Waals surface area contributed by atoms with Crippen molar-refractivity contribution in [2.24, 2.45) is 5.92 Å². The second-order valence-electron chi connectivity index (χ2n) is 6.02. The lowest BCUT2D eigenvalue weighted by Gasteiger charge is -2.32. The van der Waals surface area contributed by atoms with E-state index >= 15 is 0 Å². The minimum atomic E-state index is 0.463. The number of rotatable bonds is 4. The number of fused-ring (bicyclic) bond motifs is 1. The van der Waals surface area contributed by atoms with Crippen LogP contribution in [0.1, 0.15) is 26.7 Å². The molecular weight excluding hydrogens is 248 g/mol. The summed E-state index contributed by atoms with van der Waals surface area (Å²) in [5.74, 6) is 1.78. The number of hydrogen-bond acceptors (Lipinski definition) is 3. The number of hydrogen-bond donors (Lipinski definition) is 2. The van der Waals surface area contributed by atoms with Gasteiger partial charge in [0.05, 0.1) is 11.0 Å². The fourth-order valence-corrected chi connectivity index (χ4v) is 2.96. The van der Waals surface area contributed by atoms with E-state index in [1.54, 1.807) is 0 Å². The van der Waals surface area contributed by atoms with Crippen LogP contribution in [0.5, 0.6) is 0 Å².